The number of ether oxygens (including phenoxy) is 2. The number of para-hydroxylation sites is 1. The Bertz CT molecular complexity index is 1820. The van der Waals surface area contributed by atoms with E-state index in [0.717, 1.165) is 0 Å². The minimum Gasteiger partial charge on any atom is -0.480 e. The third-order valence-electron chi connectivity index (χ3n) is 7.29. The van der Waals surface area contributed by atoms with Crippen LogP contribution in [-0.4, -0.2) is 73.2 Å². The molecule has 16 heteroatoms. The van der Waals surface area contributed by atoms with Gasteiger partial charge in [-0.3, -0.25) is 19.2 Å². The minimum absolute atomic E-state index is 0.0236. The number of nitrogens with zero attached hydrogens (tertiary/aromatic N) is 2. The number of aromatic nitrogens is 1. The van der Waals surface area contributed by atoms with E-state index in [2.05, 4.69) is 10.6 Å². The fourth-order valence-corrected chi connectivity index (χ4v) is 6.92. The molecule has 4 atom stereocenters. The number of carbonyl (C=O) groups is 5. The molecular formula is C29H28N4O11S. The lowest BCUT2D eigenvalue weighted by Crippen LogP contribution is -2.71. The number of fused-ring (bicyclic) bond motifs is 2. The summed E-state index contributed by atoms with van der Waals surface area (Å²) in [5, 5.41) is 14.0. The molecule has 236 valence electrons. The highest BCUT2D eigenvalue weighted by Gasteiger charge is 2.64. The van der Waals surface area contributed by atoms with Crippen molar-refractivity contribution in [1.82, 2.24) is 20.1 Å². The monoisotopic (exact) mass is 640 g/mol. The number of carboxylic acid groups (broad SMARTS) is 1. The summed E-state index contributed by atoms with van der Waals surface area (Å²) >= 11 is 1.25. The van der Waals surface area contributed by atoms with Crippen LogP contribution in [0.5, 0.6) is 5.75 Å². The number of amides is 3. The summed E-state index contributed by atoms with van der Waals surface area (Å²) in [6, 6.07) is 8.61. The number of nitrogens with one attached hydrogen (secondary N) is 2. The number of carboxylic acids is 1. The van der Waals surface area contributed by atoms with E-state index in [1.807, 2.05) is 0 Å². The average molecular weight is 641 g/mol. The summed E-state index contributed by atoms with van der Waals surface area (Å²) in [6.45, 7) is 4.16. The van der Waals surface area contributed by atoms with E-state index < -0.39 is 76.0 Å². The molecule has 2 unspecified atom stereocenters. The van der Waals surface area contributed by atoms with Gasteiger partial charge in [0.2, 0.25) is 17.7 Å². The lowest BCUT2D eigenvalue weighted by atomic mass is 9.95. The van der Waals surface area contributed by atoms with E-state index >= 15 is 0 Å². The summed E-state index contributed by atoms with van der Waals surface area (Å²) < 4.78 is 14.7. The van der Waals surface area contributed by atoms with E-state index in [1.165, 1.54) is 34.9 Å². The molecule has 0 bridgehead atoms. The average Bonchev–Trinajstić information content (AvgIpc) is 3.25. The van der Waals surface area contributed by atoms with E-state index in [1.54, 1.807) is 51.1 Å². The summed E-state index contributed by atoms with van der Waals surface area (Å²) in [5.41, 5.74) is -0.898. The van der Waals surface area contributed by atoms with E-state index in [-0.39, 0.29) is 23.3 Å². The highest BCUT2D eigenvalue weighted by Crippen LogP contribution is 2.50. The first-order chi connectivity index (χ1) is 21.3. The standard InChI is InChI=1S/C29H28N4O11S/c1-4-42-28(41)43-16-12-8-11-15-20(16)44-27(40)32(23(15)36)13-17(34)30-18(14-9-6-5-7-10-14)22(35)31-19-24(37)33-21(26(38)39)29(2,3)45-25(19)33/h5-12,18-19,21,25H,4,13H2,1-3H3,(H,30,34)(H,31,35)(H,38,39)/t18-,19-,21?,25?/m1/s1. The van der Waals surface area contributed by atoms with Crippen LogP contribution in [0.1, 0.15) is 32.4 Å². The quantitative estimate of drug-likeness (QED) is 0.170. The predicted octanol–water partition coefficient (Wildman–Crippen LogP) is 0.979. The lowest BCUT2D eigenvalue weighted by Gasteiger charge is -2.44. The first-order valence-electron chi connectivity index (χ1n) is 13.7. The molecule has 0 spiro atoms. The molecule has 0 aliphatic carbocycles. The Balaban J connectivity index is 1.36. The lowest BCUT2D eigenvalue weighted by molar-refractivity contribution is -0.161. The third kappa shape index (κ3) is 5.87. The zero-order valence-electron chi connectivity index (χ0n) is 24.2. The second-order valence-electron chi connectivity index (χ2n) is 10.7. The topological polar surface area (TPSA) is 204 Å². The van der Waals surface area contributed by atoms with Crippen LogP contribution in [0.4, 0.5) is 4.79 Å². The van der Waals surface area contributed by atoms with Crippen LogP contribution in [0.25, 0.3) is 11.0 Å². The van der Waals surface area contributed by atoms with Gasteiger partial charge in [0.05, 0.1) is 12.0 Å². The van der Waals surface area contributed by atoms with Gasteiger partial charge in [-0.15, -0.1) is 11.8 Å². The molecule has 5 rings (SSSR count). The molecular weight excluding hydrogens is 612 g/mol. The molecule has 2 aromatic carbocycles. The van der Waals surface area contributed by atoms with Crippen LogP contribution in [-0.2, 0) is 30.5 Å². The second-order valence-corrected chi connectivity index (χ2v) is 12.4. The maximum Gasteiger partial charge on any atom is 0.513 e. The number of benzene rings is 2. The fraction of sp³-hybridized carbons (Fsp3) is 0.345. The zero-order chi connectivity index (χ0) is 32.6. The van der Waals surface area contributed by atoms with E-state index in [0.29, 0.717) is 10.1 Å². The van der Waals surface area contributed by atoms with Gasteiger partial charge in [0.1, 0.15) is 30.0 Å². The van der Waals surface area contributed by atoms with E-state index in [4.69, 9.17) is 13.9 Å². The van der Waals surface area contributed by atoms with Gasteiger partial charge in [-0.25, -0.2) is 19.0 Å². The Hall–Kier alpha value is -5.12. The van der Waals surface area contributed by atoms with Gasteiger partial charge in [0, 0.05) is 4.75 Å². The Morgan fingerprint density at radius 3 is 2.44 bits per heavy atom. The number of thioether (sulfide) groups is 1. The number of aliphatic carboxylic acids is 1. The molecule has 1 aromatic heterocycles. The van der Waals surface area contributed by atoms with Crippen LogP contribution in [0.2, 0.25) is 0 Å². The first kappa shape index (κ1) is 31.3. The number of β-lactam (4-membered cyclic amide) rings is 1. The number of hydrogen-bond acceptors (Lipinski definition) is 11. The van der Waals surface area contributed by atoms with Crippen molar-refractivity contribution >= 4 is 52.6 Å². The number of rotatable bonds is 9. The maximum absolute atomic E-state index is 13.5. The molecule has 3 N–H and O–H groups in total. The molecule has 0 radical (unpaired) electrons. The van der Waals surface area contributed by atoms with Gasteiger partial charge in [-0.1, -0.05) is 36.4 Å². The zero-order valence-corrected chi connectivity index (χ0v) is 25.0. The van der Waals surface area contributed by atoms with Gasteiger partial charge in [-0.2, -0.15) is 0 Å². The van der Waals surface area contributed by atoms with Gasteiger partial charge < -0.3 is 34.5 Å². The number of hydrogen-bond donors (Lipinski definition) is 3. The molecule has 2 aliphatic rings. The largest absolute Gasteiger partial charge is 0.513 e. The van der Waals surface area contributed by atoms with Crippen molar-refractivity contribution in [3.63, 3.8) is 0 Å². The Kier molecular flexibility index (Phi) is 8.42. The Labute approximate surface area is 258 Å². The molecule has 15 nitrogen and oxygen atoms in total. The van der Waals surface area contributed by atoms with Crippen molar-refractivity contribution in [3.8, 4) is 5.75 Å². The molecule has 45 heavy (non-hydrogen) atoms. The molecule has 2 aliphatic heterocycles. The minimum atomic E-state index is -1.34. The Morgan fingerprint density at radius 1 is 1.07 bits per heavy atom. The number of carbonyl (C=O) groups excluding carboxylic acids is 4. The third-order valence-corrected chi connectivity index (χ3v) is 8.87. The normalized spacial score (nSPS) is 20.5. The molecule has 0 saturated carbocycles. The van der Waals surface area contributed by atoms with Crippen molar-refractivity contribution in [2.75, 3.05) is 6.61 Å². The van der Waals surface area contributed by atoms with Crippen molar-refractivity contribution in [2.45, 2.75) is 55.6 Å². The SMILES string of the molecule is CCOC(=O)Oc1cccc2c(=O)n(CC(=O)N[C@@H](C(=O)N[C@@H]3C(=O)N4C3SC(C)(C)C4C(=O)O)c3ccccc3)c(=O)oc12. The summed E-state index contributed by atoms with van der Waals surface area (Å²) in [6.07, 6.45) is -1.07. The fourth-order valence-electron chi connectivity index (χ4n) is 5.29. The maximum atomic E-state index is 13.5. The van der Waals surface area contributed by atoms with Crippen molar-refractivity contribution < 1.29 is 43.0 Å². The smallest absolute Gasteiger partial charge is 0.480 e. The predicted molar refractivity (Wildman–Crippen MR) is 157 cm³/mol. The highest BCUT2D eigenvalue weighted by atomic mass is 32.2. The van der Waals surface area contributed by atoms with Crippen molar-refractivity contribution in [1.29, 1.82) is 0 Å². The van der Waals surface area contributed by atoms with Gasteiger partial charge in [-0.05, 0) is 38.5 Å². The van der Waals surface area contributed by atoms with Crippen molar-refractivity contribution in [3.05, 3.63) is 75.0 Å². The van der Waals surface area contributed by atoms with Gasteiger partial charge >= 0.3 is 17.9 Å². The van der Waals surface area contributed by atoms with Crippen molar-refractivity contribution in [2.24, 2.45) is 0 Å². The molecule has 2 fully saturated rings. The van der Waals surface area contributed by atoms with E-state index in [9.17, 15) is 38.7 Å². The van der Waals surface area contributed by atoms with Crippen LogP contribution >= 0.6 is 11.8 Å². The van der Waals surface area contributed by atoms with Crippen LogP contribution in [0, 0.1) is 0 Å². The molecule has 2 saturated heterocycles. The van der Waals surface area contributed by atoms with Crippen LogP contribution in [0.15, 0.2) is 62.5 Å². The highest BCUT2D eigenvalue weighted by molar-refractivity contribution is 8.01. The molecule has 3 aromatic rings. The molecule has 3 amide bonds. The summed E-state index contributed by atoms with van der Waals surface area (Å²) in [7, 11) is 0. The van der Waals surface area contributed by atoms with Gasteiger partial charge in [0.25, 0.3) is 5.56 Å². The van der Waals surface area contributed by atoms with Gasteiger partial charge in [0.15, 0.2) is 11.3 Å². The van der Waals surface area contributed by atoms with Crippen LogP contribution in [0.3, 0.4) is 0 Å². The van der Waals surface area contributed by atoms with Crippen LogP contribution < -0.4 is 26.7 Å². The first-order valence-corrected chi connectivity index (χ1v) is 14.6. The second kappa shape index (κ2) is 12.1. The molecule has 3 heterocycles. The Morgan fingerprint density at radius 2 is 1.78 bits per heavy atom. The summed E-state index contributed by atoms with van der Waals surface area (Å²) in [4.78, 5) is 90.4. The summed E-state index contributed by atoms with van der Waals surface area (Å²) in [5.74, 6) is -4.85.